The lowest BCUT2D eigenvalue weighted by Gasteiger charge is -2.35. The number of H-pyrrole nitrogens is 1. The average Bonchev–Trinajstić information content (AvgIpc) is 3.77. The Labute approximate surface area is 277 Å². The van der Waals surface area contributed by atoms with Crippen LogP contribution in [0.4, 0.5) is 11.8 Å². The van der Waals surface area contributed by atoms with Gasteiger partial charge >= 0.3 is 5.97 Å². The first-order valence-electron chi connectivity index (χ1n) is 17.6. The molecule has 4 N–H and O–H groups in total. The lowest BCUT2D eigenvalue weighted by Crippen LogP contribution is -2.49. The molecule has 2 fully saturated rings. The number of rotatable bonds is 19. The minimum absolute atomic E-state index is 0.112. The molecule has 1 aliphatic heterocycles. The van der Waals surface area contributed by atoms with Crippen LogP contribution >= 0.6 is 0 Å². The third kappa shape index (κ3) is 10.8. The fraction of sp³-hybridized carbons (Fsp3) is 0.719. The summed E-state index contributed by atoms with van der Waals surface area (Å²) in [7, 11) is 0. The van der Waals surface area contributed by atoms with E-state index in [0.717, 1.165) is 56.3 Å². The van der Waals surface area contributed by atoms with E-state index in [2.05, 4.69) is 46.1 Å². The van der Waals surface area contributed by atoms with Crippen LogP contribution in [0, 0.1) is 0 Å². The van der Waals surface area contributed by atoms with Crippen LogP contribution in [0.5, 0.6) is 0 Å². The van der Waals surface area contributed by atoms with Gasteiger partial charge < -0.3 is 35.5 Å². The lowest BCUT2D eigenvalue weighted by molar-refractivity contribution is -0.143. The van der Waals surface area contributed by atoms with Crippen molar-refractivity contribution in [1.82, 2.24) is 50.5 Å². The summed E-state index contributed by atoms with van der Waals surface area (Å²) in [6, 6.07) is 0.731. The van der Waals surface area contributed by atoms with Crippen LogP contribution in [-0.4, -0.2) is 110 Å². The second kappa shape index (κ2) is 18.5. The average molecular weight is 653 g/mol. The van der Waals surface area contributed by atoms with E-state index in [4.69, 9.17) is 9.72 Å². The van der Waals surface area contributed by atoms with Gasteiger partial charge in [0.1, 0.15) is 11.2 Å². The number of carbonyl (C=O) groups excluding carboxylic acids is 2. The van der Waals surface area contributed by atoms with Gasteiger partial charge in [-0.25, -0.2) is 4.98 Å². The highest BCUT2D eigenvalue weighted by Crippen LogP contribution is 2.22. The summed E-state index contributed by atoms with van der Waals surface area (Å²) in [6.07, 6.45) is 14.7. The predicted octanol–water partition coefficient (Wildman–Crippen LogP) is 2.62. The largest absolute Gasteiger partial charge is 0.466 e. The molecule has 0 spiro atoms. The first-order chi connectivity index (χ1) is 23.1. The van der Waals surface area contributed by atoms with Crippen molar-refractivity contribution in [3.05, 3.63) is 18.2 Å². The molecule has 4 heterocycles. The summed E-state index contributed by atoms with van der Waals surface area (Å²) in [5.41, 5.74) is 2.14. The van der Waals surface area contributed by atoms with E-state index in [0.29, 0.717) is 82.4 Å². The Morgan fingerprint density at radius 1 is 0.979 bits per heavy atom. The Morgan fingerprint density at radius 3 is 2.62 bits per heavy atom. The van der Waals surface area contributed by atoms with Gasteiger partial charge in [-0.05, 0) is 65.1 Å². The number of aromatic amines is 1. The van der Waals surface area contributed by atoms with Crippen LogP contribution in [0.2, 0.25) is 0 Å². The van der Waals surface area contributed by atoms with Gasteiger partial charge in [0.2, 0.25) is 11.9 Å². The summed E-state index contributed by atoms with van der Waals surface area (Å²) in [5, 5.41) is 19.3. The summed E-state index contributed by atoms with van der Waals surface area (Å²) in [5.74, 6) is 1.14. The number of hydrogen-bond donors (Lipinski definition) is 4. The molecular weight excluding hydrogens is 600 g/mol. The van der Waals surface area contributed by atoms with Crippen molar-refractivity contribution in [1.29, 1.82) is 0 Å². The first-order valence-corrected chi connectivity index (χ1v) is 17.6. The van der Waals surface area contributed by atoms with Crippen molar-refractivity contribution in [2.24, 2.45) is 0 Å². The van der Waals surface area contributed by atoms with Gasteiger partial charge in [0.15, 0.2) is 11.5 Å². The van der Waals surface area contributed by atoms with E-state index in [1.54, 1.807) is 13.3 Å². The number of nitrogens with one attached hydrogen (secondary N) is 4. The van der Waals surface area contributed by atoms with Crippen molar-refractivity contribution in [2.45, 2.75) is 96.7 Å². The number of imidazole rings is 1. The highest BCUT2D eigenvalue weighted by molar-refractivity contribution is 5.83. The number of hydrogen-bond acceptors (Lipinski definition) is 12. The SMILES string of the molecule is CCOC(=O)CCCCC(=O)N1CCN(c2nc(NCc3cn(CCCNCCCNC4CCCCC4)nn3)c3[nH]cnc3n2)CC1. The quantitative estimate of drug-likeness (QED) is 0.110. The molecule has 3 aromatic rings. The van der Waals surface area contributed by atoms with Gasteiger partial charge in [0.25, 0.3) is 0 Å². The Morgan fingerprint density at radius 2 is 1.79 bits per heavy atom. The second-order valence-corrected chi connectivity index (χ2v) is 12.4. The number of unbranched alkanes of at least 4 members (excludes halogenated alkanes) is 1. The van der Waals surface area contributed by atoms with E-state index in [1.807, 2.05) is 15.8 Å². The monoisotopic (exact) mass is 652 g/mol. The van der Waals surface area contributed by atoms with E-state index in [9.17, 15) is 9.59 Å². The molecule has 258 valence electrons. The maximum absolute atomic E-state index is 12.7. The third-order valence-electron chi connectivity index (χ3n) is 8.85. The molecule has 2 aliphatic rings. The molecule has 0 aromatic carbocycles. The normalized spacial score (nSPS) is 15.8. The van der Waals surface area contributed by atoms with Crippen molar-refractivity contribution in [2.75, 3.05) is 62.6 Å². The van der Waals surface area contributed by atoms with E-state index >= 15 is 0 Å². The van der Waals surface area contributed by atoms with Gasteiger partial charge in [-0.15, -0.1) is 5.10 Å². The Kier molecular flexibility index (Phi) is 13.6. The van der Waals surface area contributed by atoms with Crippen LogP contribution in [-0.2, 0) is 27.4 Å². The maximum atomic E-state index is 12.7. The molecule has 0 bridgehead atoms. The molecule has 5 rings (SSSR count). The zero-order valence-electron chi connectivity index (χ0n) is 27.9. The number of aryl methyl sites for hydroxylation is 1. The number of fused-ring (bicyclic) bond motifs is 1. The molecule has 15 heteroatoms. The van der Waals surface area contributed by atoms with Crippen molar-refractivity contribution in [3.63, 3.8) is 0 Å². The number of nitrogens with zero attached hydrogens (tertiary/aromatic N) is 8. The van der Waals surface area contributed by atoms with Crippen LogP contribution in [0.3, 0.4) is 0 Å². The van der Waals surface area contributed by atoms with Gasteiger partial charge in [-0.3, -0.25) is 14.3 Å². The smallest absolute Gasteiger partial charge is 0.305 e. The number of aromatic nitrogens is 7. The molecule has 1 amide bonds. The van der Waals surface area contributed by atoms with E-state index in [-0.39, 0.29) is 11.9 Å². The lowest BCUT2D eigenvalue weighted by atomic mass is 9.95. The number of amides is 1. The van der Waals surface area contributed by atoms with E-state index < -0.39 is 0 Å². The van der Waals surface area contributed by atoms with Gasteiger partial charge in [0.05, 0.1) is 25.7 Å². The number of piperazine rings is 1. The minimum atomic E-state index is -0.204. The molecule has 1 saturated heterocycles. The van der Waals surface area contributed by atoms with Crippen LogP contribution in [0.15, 0.2) is 12.5 Å². The fourth-order valence-corrected chi connectivity index (χ4v) is 6.20. The Bertz CT molecular complexity index is 1380. The van der Waals surface area contributed by atoms with E-state index in [1.165, 1.54) is 32.1 Å². The number of carbonyl (C=O) groups is 2. The molecule has 3 aromatic heterocycles. The number of esters is 1. The summed E-state index contributed by atoms with van der Waals surface area (Å²) < 4.78 is 6.85. The predicted molar refractivity (Wildman–Crippen MR) is 180 cm³/mol. The molecule has 47 heavy (non-hydrogen) atoms. The van der Waals surface area contributed by atoms with Crippen molar-refractivity contribution in [3.8, 4) is 0 Å². The summed E-state index contributed by atoms with van der Waals surface area (Å²) >= 11 is 0. The highest BCUT2D eigenvalue weighted by Gasteiger charge is 2.24. The molecule has 1 aliphatic carbocycles. The molecule has 15 nitrogen and oxygen atoms in total. The topological polar surface area (TPSA) is 171 Å². The molecule has 0 atom stereocenters. The van der Waals surface area contributed by atoms with Gasteiger partial charge in [-0.1, -0.05) is 24.5 Å². The second-order valence-electron chi connectivity index (χ2n) is 12.4. The zero-order chi connectivity index (χ0) is 32.7. The summed E-state index contributed by atoms with van der Waals surface area (Å²) in [6.45, 7) is 8.99. The third-order valence-corrected chi connectivity index (χ3v) is 8.85. The van der Waals surface area contributed by atoms with Crippen LogP contribution in [0.25, 0.3) is 11.2 Å². The number of anilines is 2. The minimum Gasteiger partial charge on any atom is -0.466 e. The fourth-order valence-electron chi connectivity index (χ4n) is 6.20. The highest BCUT2D eigenvalue weighted by atomic mass is 16.5. The molecule has 1 saturated carbocycles. The van der Waals surface area contributed by atoms with Crippen LogP contribution in [0.1, 0.15) is 83.2 Å². The van der Waals surface area contributed by atoms with Crippen molar-refractivity contribution >= 4 is 34.8 Å². The van der Waals surface area contributed by atoms with Gasteiger partial charge in [0, 0.05) is 51.6 Å². The number of ether oxygens (including phenoxy) is 1. The Balaban J connectivity index is 1.01. The molecular formula is C32H52N12O3. The maximum Gasteiger partial charge on any atom is 0.305 e. The molecule has 0 radical (unpaired) electrons. The Hall–Kier alpha value is -3.85. The van der Waals surface area contributed by atoms with Crippen LogP contribution < -0.4 is 20.9 Å². The summed E-state index contributed by atoms with van der Waals surface area (Å²) in [4.78, 5) is 45.2. The molecule has 0 unspecified atom stereocenters. The van der Waals surface area contributed by atoms with Crippen molar-refractivity contribution < 1.29 is 14.3 Å². The van der Waals surface area contributed by atoms with Gasteiger partial charge in [-0.2, -0.15) is 9.97 Å². The standard InChI is InChI=1S/C32H52N12O3/c1-2-47-28(46)13-7-6-12-27(45)42-18-20-43(21-19-42)32-38-30(29-31(39-32)37-24-36-29)35-22-26-23-44(41-40-26)17-9-15-33-14-8-16-34-25-10-4-3-5-11-25/h23-25,33-34H,2-22H2,1H3,(H2,35,36,37,38,39). The first kappa shape index (κ1) is 34.5. The zero-order valence-corrected chi connectivity index (χ0v) is 27.9.